The molecule has 0 radical (unpaired) electrons. The third-order valence-corrected chi connectivity index (χ3v) is 14.4. The number of carbonyl (C=O) groups excluding carboxylic acids is 3. The van der Waals surface area contributed by atoms with Crippen molar-refractivity contribution in [3.63, 3.8) is 0 Å². The molecule has 0 N–H and O–H groups in total. The van der Waals surface area contributed by atoms with Gasteiger partial charge in [-0.3, -0.25) is 9.59 Å². The van der Waals surface area contributed by atoms with Crippen LogP contribution in [0.2, 0.25) is 0 Å². The van der Waals surface area contributed by atoms with Crippen molar-refractivity contribution in [3.05, 3.63) is 0 Å². The molecule has 0 bridgehead atoms. The number of fused-ring (bicyclic) bond motifs is 7. The van der Waals surface area contributed by atoms with Crippen LogP contribution in [0.15, 0.2) is 0 Å². The Hall–Kier alpha value is -1.39. The van der Waals surface area contributed by atoms with Crippen molar-refractivity contribution < 1.29 is 23.9 Å². The normalized spacial score (nSPS) is 48.9. The lowest BCUT2D eigenvalue weighted by Gasteiger charge is -2.73. The average molecular weight is 543 g/mol. The monoisotopic (exact) mass is 542 g/mol. The highest BCUT2D eigenvalue weighted by molar-refractivity contribution is 5.66. The van der Waals surface area contributed by atoms with E-state index in [0.717, 1.165) is 32.1 Å². The van der Waals surface area contributed by atoms with E-state index >= 15 is 0 Å². The second-order valence-electron chi connectivity index (χ2n) is 16.0. The van der Waals surface area contributed by atoms with Crippen LogP contribution in [0.4, 0.5) is 0 Å². The molecule has 5 aliphatic carbocycles. The number of hydrogen-bond donors (Lipinski definition) is 0. The lowest BCUT2D eigenvalue weighted by atomic mass is 9.32. The standard InChI is InChI=1S/C34H54O5/c1-21(19-35)24-11-16-34(20-38-22(2)36)18-17-32(7)25(29(24)34)9-10-27-31(6)14-13-28(39-23(3)37)30(4,5)26(31)12-15-33(27,32)8/h19,21,24-29H,9-18,20H2,1-8H3/t21?,24-,25+,26-,27+,28-,29+,31-,32+,33+,34+/m0/s1. The summed E-state index contributed by atoms with van der Waals surface area (Å²) in [4.78, 5) is 36.0. The Morgan fingerprint density at radius 1 is 0.821 bits per heavy atom. The summed E-state index contributed by atoms with van der Waals surface area (Å²) in [5.41, 5.74) is 0.664. The summed E-state index contributed by atoms with van der Waals surface area (Å²) < 4.78 is 11.7. The predicted molar refractivity (Wildman–Crippen MR) is 152 cm³/mol. The van der Waals surface area contributed by atoms with Crippen LogP contribution in [0.3, 0.4) is 0 Å². The highest BCUT2D eigenvalue weighted by Crippen LogP contribution is 2.77. The molecule has 0 aromatic rings. The molecule has 1 unspecified atom stereocenters. The van der Waals surface area contributed by atoms with Gasteiger partial charge < -0.3 is 14.3 Å². The number of ether oxygens (including phenoxy) is 2. The van der Waals surface area contributed by atoms with E-state index in [-0.39, 0.29) is 51.0 Å². The molecule has 0 amide bonds. The van der Waals surface area contributed by atoms with E-state index in [0.29, 0.717) is 36.2 Å². The number of aldehydes is 1. The van der Waals surface area contributed by atoms with E-state index in [1.807, 2.05) is 0 Å². The first kappa shape index (κ1) is 29.1. The summed E-state index contributed by atoms with van der Waals surface area (Å²) >= 11 is 0. The van der Waals surface area contributed by atoms with Crippen LogP contribution in [-0.4, -0.2) is 30.9 Å². The second kappa shape index (κ2) is 9.58. The average Bonchev–Trinajstić information content (AvgIpc) is 3.24. The summed E-state index contributed by atoms with van der Waals surface area (Å²) in [6.45, 7) is 18.2. The van der Waals surface area contributed by atoms with Gasteiger partial charge in [-0.25, -0.2) is 0 Å². The Kier molecular flexibility index (Phi) is 7.15. The summed E-state index contributed by atoms with van der Waals surface area (Å²) in [6.07, 6.45) is 12.6. The topological polar surface area (TPSA) is 69.7 Å². The van der Waals surface area contributed by atoms with Crippen molar-refractivity contribution in [2.45, 2.75) is 126 Å². The van der Waals surface area contributed by atoms with Gasteiger partial charge in [0.05, 0.1) is 6.61 Å². The van der Waals surface area contributed by atoms with Gasteiger partial charge in [0.2, 0.25) is 0 Å². The van der Waals surface area contributed by atoms with E-state index in [4.69, 9.17) is 9.47 Å². The fraction of sp³-hybridized carbons (Fsp3) is 0.912. The molecule has 5 aliphatic rings. The summed E-state index contributed by atoms with van der Waals surface area (Å²) in [7, 11) is 0. The van der Waals surface area contributed by atoms with Crippen molar-refractivity contribution in [2.24, 2.45) is 62.6 Å². The predicted octanol–water partition coefficient (Wildman–Crippen LogP) is 7.40. The molecule has 5 rings (SSSR count). The number of esters is 2. The Morgan fingerprint density at radius 3 is 2.18 bits per heavy atom. The van der Waals surface area contributed by atoms with E-state index < -0.39 is 0 Å². The largest absolute Gasteiger partial charge is 0.465 e. The fourth-order valence-electron chi connectivity index (χ4n) is 12.4. The zero-order valence-corrected chi connectivity index (χ0v) is 25.9. The van der Waals surface area contributed by atoms with Gasteiger partial charge in [-0.05, 0) is 110 Å². The maximum absolute atomic E-state index is 12.1. The first-order valence-electron chi connectivity index (χ1n) is 15.9. The van der Waals surface area contributed by atoms with Gasteiger partial charge >= 0.3 is 11.9 Å². The molecular formula is C34H54O5. The van der Waals surface area contributed by atoms with Gasteiger partial charge in [0.25, 0.3) is 0 Å². The van der Waals surface area contributed by atoms with Gasteiger partial charge in [-0.1, -0.05) is 41.5 Å². The van der Waals surface area contributed by atoms with Crippen LogP contribution in [-0.2, 0) is 23.9 Å². The lowest BCUT2D eigenvalue weighted by Crippen LogP contribution is -2.67. The minimum Gasteiger partial charge on any atom is -0.465 e. The molecule has 220 valence electrons. The first-order chi connectivity index (χ1) is 18.2. The molecule has 0 heterocycles. The molecule has 5 fully saturated rings. The van der Waals surface area contributed by atoms with Gasteiger partial charge in [0, 0.05) is 30.6 Å². The van der Waals surface area contributed by atoms with Crippen LogP contribution in [0.1, 0.15) is 120 Å². The van der Waals surface area contributed by atoms with Crippen molar-refractivity contribution in [1.82, 2.24) is 0 Å². The van der Waals surface area contributed by atoms with Gasteiger partial charge in [-0.2, -0.15) is 0 Å². The van der Waals surface area contributed by atoms with Crippen LogP contribution in [0.5, 0.6) is 0 Å². The maximum Gasteiger partial charge on any atom is 0.302 e. The third kappa shape index (κ3) is 4.09. The minimum absolute atomic E-state index is 0.00463. The molecule has 0 aromatic heterocycles. The van der Waals surface area contributed by atoms with Crippen LogP contribution in [0.25, 0.3) is 0 Å². The molecule has 39 heavy (non-hydrogen) atoms. The molecule has 0 aliphatic heterocycles. The van der Waals surface area contributed by atoms with E-state index in [2.05, 4.69) is 41.5 Å². The van der Waals surface area contributed by atoms with Crippen LogP contribution >= 0.6 is 0 Å². The molecule has 11 atom stereocenters. The third-order valence-electron chi connectivity index (χ3n) is 14.4. The lowest BCUT2D eigenvalue weighted by molar-refractivity contribution is -0.253. The van der Waals surface area contributed by atoms with E-state index in [1.54, 1.807) is 6.92 Å². The van der Waals surface area contributed by atoms with E-state index in [9.17, 15) is 14.4 Å². The highest BCUT2D eigenvalue weighted by atomic mass is 16.5. The summed E-state index contributed by atoms with van der Waals surface area (Å²) in [5, 5.41) is 0. The zero-order valence-electron chi connectivity index (χ0n) is 25.9. The minimum atomic E-state index is -0.183. The Labute approximate surface area is 236 Å². The van der Waals surface area contributed by atoms with Crippen molar-refractivity contribution >= 4 is 18.2 Å². The van der Waals surface area contributed by atoms with Gasteiger partial charge in [0.1, 0.15) is 12.4 Å². The fourth-order valence-corrected chi connectivity index (χ4v) is 12.4. The second-order valence-corrected chi connectivity index (χ2v) is 16.0. The highest BCUT2D eigenvalue weighted by Gasteiger charge is 2.71. The molecule has 5 saturated carbocycles. The quantitative estimate of drug-likeness (QED) is 0.267. The summed E-state index contributed by atoms with van der Waals surface area (Å²) in [6, 6.07) is 0. The zero-order chi connectivity index (χ0) is 28.6. The van der Waals surface area contributed by atoms with Gasteiger partial charge in [-0.15, -0.1) is 0 Å². The van der Waals surface area contributed by atoms with E-state index in [1.165, 1.54) is 45.3 Å². The molecule has 0 spiro atoms. The molecule has 0 aromatic carbocycles. The first-order valence-corrected chi connectivity index (χ1v) is 15.9. The van der Waals surface area contributed by atoms with Crippen molar-refractivity contribution in [3.8, 4) is 0 Å². The Balaban J connectivity index is 1.50. The maximum atomic E-state index is 12.1. The van der Waals surface area contributed by atoms with Gasteiger partial charge in [0.15, 0.2) is 0 Å². The van der Waals surface area contributed by atoms with Crippen molar-refractivity contribution in [1.29, 1.82) is 0 Å². The molecule has 0 saturated heterocycles. The molecule has 5 nitrogen and oxygen atoms in total. The Bertz CT molecular complexity index is 1000. The molecular weight excluding hydrogens is 488 g/mol. The van der Waals surface area contributed by atoms with Crippen LogP contribution in [0, 0.1) is 62.6 Å². The number of carbonyl (C=O) groups is 3. The SMILES string of the molecule is CC(=O)OC[C@]12CC[C@@H](C(C)C=O)[C@@H]1[C@H]1CC[C@@H]3[C@@]4(C)CC[C@H](OC(C)=O)C(C)(C)[C@@H]4CC[C@@]3(C)[C@]1(C)CC2. The summed E-state index contributed by atoms with van der Waals surface area (Å²) in [5.74, 6) is 2.28. The van der Waals surface area contributed by atoms with Crippen molar-refractivity contribution in [2.75, 3.05) is 6.61 Å². The number of rotatable bonds is 5. The van der Waals surface area contributed by atoms with Crippen LogP contribution < -0.4 is 0 Å². The molecule has 5 heteroatoms. The number of hydrogen-bond acceptors (Lipinski definition) is 5. The smallest absolute Gasteiger partial charge is 0.302 e. The Morgan fingerprint density at radius 2 is 1.54 bits per heavy atom.